The van der Waals surface area contributed by atoms with Crippen molar-refractivity contribution in [3.63, 3.8) is 0 Å². The van der Waals surface area contributed by atoms with Crippen molar-refractivity contribution in [1.82, 2.24) is 0 Å². The van der Waals surface area contributed by atoms with Crippen molar-refractivity contribution in [2.24, 2.45) is 5.73 Å². The van der Waals surface area contributed by atoms with E-state index in [0.717, 1.165) is 0 Å². The number of anilines is 1. The zero-order chi connectivity index (χ0) is 11.3. The summed E-state index contributed by atoms with van der Waals surface area (Å²) in [6.45, 7) is -0.431. The molecule has 80 valence electrons. The molecule has 4 N–H and O–H groups in total. The van der Waals surface area contributed by atoms with Crippen molar-refractivity contribution in [3.05, 3.63) is 24.3 Å². The highest BCUT2D eigenvalue weighted by molar-refractivity contribution is 5.87. The first kappa shape index (κ1) is 10.8. The molecule has 0 atom stereocenters. The van der Waals surface area contributed by atoms with Crippen molar-refractivity contribution in [1.29, 1.82) is 0 Å². The molecule has 6 nitrogen and oxygen atoms in total. The summed E-state index contributed by atoms with van der Waals surface area (Å²) in [7, 11) is 0. The van der Waals surface area contributed by atoms with Crippen LogP contribution in [0.15, 0.2) is 24.3 Å². The van der Waals surface area contributed by atoms with Crippen LogP contribution in [0.2, 0.25) is 0 Å². The lowest BCUT2D eigenvalue weighted by atomic mass is 10.3. The van der Waals surface area contributed by atoms with E-state index in [-0.39, 0.29) is 0 Å². The van der Waals surface area contributed by atoms with Crippen molar-refractivity contribution in [3.8, 4) is 5.75 Å². The zero-order valence-corrected chi connectivity index (χ0v) is 7.77. The first-order valence-corrected chi connectivity index (χ1v) is 4.09. The van der Waals surface area contributed by atoms with Gasteiger partial charge in [-0.25, -0.2) is 9.59 Å². The van der Waals surface area contributed by atoms with Gasteiger partial charge in [0.15, 0.2) is 6.61 Å². The molecule has 0 radical (unpaired) electrons. The number of carboxylic acids is 1. The fourth-order valence-corrected chi connectivity index (χ4v) is 0.951. The van der Waals surface area contributed by atoms with Gasteiger partial charge in [0.05, 0.1) is 0 Å². The number of ether oxygens (including phenoxy) is 1. The van der Waals surface area contributed by atoms with Gasteiger partial charge in [0.2, 0.25) is 0 Å². The van der Waals surface area contributed by atoms with Gasteiger partial charge in [-0.05, 0) is 12.1 Å². The number of aliphatic carboxylic acids is 1. The van der Waals surface area contributed by atoms with Crippen LogP contribution < -0.4 is 15.8 Å². The molecule has 0 spiro atoms. The van der Waals surface area contributed by atoms with Crippen LogP contribution in [0.5, 0.6) is 5.75 Å². The Balaban J connectivity index is 2.65. The van der Waals surface area contributed by atoms with Crippen LogP contribution in [0, 0.1) is 0 Å². The topological polar surface area (TPSA) is 102 Å². The molecule has 6 heteroatoms. The van der Waals surface area contributed by atoms with Gasteiger partial charge in [0, 0.05) is 11.8 Å². The molecule has 0 saturated heterocycles. The summed E-state index contributed by atoms with van der Waals surface area (Å²) in [5, 5.41) is 10.7. The summed E-state index contributed by atoms with van der Waals surface area (Å²) >= 11 is 0. The number of carboxylic acid groups (broad SMARTS) is 1. The number of amides is 2. The molecule has 2 amide bonds. The average molecular weight is 210 g/mol. The third kappa shape index (κ3) is 3.99. The van der Waals surface area contributed by atoms with Gasteiger partial charge in [-0.1, -0.05) is 6.07 Å². The summed E-state index contributed by atoms with van der Waals surface area (Å²) in [4.78, 5) is 20.7. The van der Waals surface area contributed by atoms with E-state index in [0.29, 0.717) is 11.4 Å². The van der Waals surface area contributed by atoms with E-state index in [1.807, 2.05) is 0 Å². The highest BCUT2D eigenvalue weighted by atomic mass is 16.5. The molecule has 1 aromatic carbocycles. The quantitative estimate of drug-likeness (QED) is 0.678. The summed E-state index contributed by atoms with van der Waals surface area (Å²) in [6, 6.07) is 5.59. The number of benzene rings is 1. The highest BCUT2D eigenvalue weighted by Crippen LogP contribution is 2.16. The van der Waals surface area contributed by atoms with Crippen LogP contribution >= 0.6 is 0 Å². The number of urea groups is 1. The molecule has 1 aromatic rings. The Bertz CT molecular complexity index is 378. The van der Waals surface area contributed by atoms with Crippen LogP contribution in [0.1, 0.15) is 0 Å². The van der Waals surface area contributed by atoms with Crippen molar-refractivity contribution in [2.75, 3.05) is 11.9 Å². The van der Waals surface area contributed by atoms with Crippen LogP contribution in [-0.4, -0.2) is 23.7 Å². The number of carbonyl (C=O) groups excluding carboxylic acids is 1. The summed E-state index contributed by atoms with van der Waals surface area (Å²) in [5.41, 5.74) is 5.36. The second kappa shape index (κ2) is 4.85. The van der Waals surface area contributed by atoms with Crippen molar-refractivity contribution >= 4 is 17.7 Å². The second-order valence-corrected chi connectivity index (χ2v) is 2.70. The highest BCUT2D eigenvalue weighted by Gasteiger charge is 2.01. The minimum atomic E-state index is -1.07. The number of hydrogen-bond acceptors (Lipinski definition) is 3. The van der Waals surface area contributed by atoms with E-state index < -0.39 is 18.6 Å². The minimum absolute atomic E-state index is 0.351. The lowest BCUT2D eigenvalue weighted by molar-refractivity contribution is -0.139. The average Bonchev–Trinajstić information content (AvgIpc) is 2.14. The molecule has 0 aliphatic rings. The number of nitrogens with two attached hydrogens (primary N) is 1. The normalized spacial score (nSPS) is 9.33. The van der Waals surface area contributed by atoms with Gasteiger partial charge >= 0.3 is 12.0 Å². The Morgan fingerprint density at radius 1 is 1.47 bits per heavy atom. The Kier molecular flexibility index (Phi) is 3.50. The van der Waals surface area contributed by atoms with Crippen LogP contribution in [0.4, 0.5) is 10.5 Å². The zero-order valence-electron chi connectivity index (χ0n) is 7.77. The molecule has 0 heterocycles. The SMILES string of the molecule is NC(=O)Nc1cccc(OCC(=O)O)c1. The summed E-state index contributed by atoms with van der Waals surface area (Å²) in [6.07, 6.45) is 0. The Morgan fingerprint density at radius 2 is 2.20 bits per heavy atom. The van der Waals surface area contributed by atoms with Crippen LogP contribution in [0.25, 0.3) is 0 Å². The first-order valence-electron chi connectivity index (χ1n) is 4.09. The molecule has 1 rings (SSSR count). The molecule has 0 aliphatic carbocycles. The Morgan fingerprint density at radius 3 is 2.80 bits per heavy atom. The van der Waals surface area contributed by atoms with Gasteiger partial charge in [-0.2, -0.15) is 0 Å². The minimum Gasteiger partial charge on any atom is -0.482 e. The van der Waals surface area contributed by atoms with Gasteiger partial charge < -0.3 is 20.9 Å². The predicted molar refractivity (Wildman–Crippen MR) is 52.8 cm³/mol. The molecular weight excluding hydrogens is 200 g/mol. The van der Waals surface area contributed by atoms with Crippen LogP contribution in [-0.2, 0) is 4.79 Å². The molecule has 15 heavy (non-hydrogen) atoms. The lowest BCUT2D eigenvalue weighted by Gasteiger charge is -2.05. The number of hydrogen-bond donors (Lipinski definition) is 3. The van der Waals surface area contributed by atoms with Gasteiger partial charge in [0.25, 0.3) is 0 Å². The van der Waals surface area contributed by atoms with E-state index in [9.17, 15) is 9.59 Å². The third-order valence-electron chi connectivity index (χ3n) is 1.46. The smallest absolute Gasteiger partial charge is 0.341 e. The van der Waals surface area contributed by atoms with Gasteiger partial charge in [-0.15, -0.1) is 0 Å². The fourth-order valence-electron chi connectivity index (χ4n) is 0.951. The summed E-state index contributed by atoms with van der Waals surface area (Å²) in [5.74, 6) is -0.716. The van der Waals surface area contributed by atoms with E-state index in [1.54, 1.807) is 18.2 Å². The molecule has 0 aromatic heterocycles. The van der Waals surface area contributed by atoms with Crippen LogP contribution in [0.3, 0.4) is 0 Å². The number of carbonyl (C=O) groups is 2. The maximum Gasteiger partial charge on any atom is 0.341 e. The van der Waals surface area contributed by atoms with E-state index in [1.165, 1.54) is 6.07 Å². The Hall–Kier alpha value is -2.24. The molecule has 0 bridgehead atoms. The standard InChI is InChI=1S/C9H10N2O4/c10-9(14)11-6-2-1-3-7(4-6)15-5-8(12)13/h1-4H,5H2,(H,12,13)(H3,10,11,14). The van der Waals surface area contributed by atoms with Gasteiger partial charge in [0.1, 0.15) is 5.75 Å². The van der Waals surface area contributed by atoms with E-state index in [2.05, 4.69) is 5.32 Å². The largest absolute Gasteiger partial charge is 0.482 e. The number of primary amides is 1. The molecule has 0 aliphatic heterocycles. The fraction of sp³-hybridized carbons (Fsp3) is 0.111. The summed E-state index contributed by atoms with van der Waals surface area (Å²) < 4.78 is 4.90. The number of rotatable bonds is 4. The molecule has 0 saturated carbocycles. The lowest BCUT2D eigenvalue weighted by Crippen LogP contribution is -2.19. The molecule has 0 unspecified atom stereocenters. The van der Waals surface area contributed by atoms with Crippen molar-refractivity contribution in [2.45, 2.75) is 0 Å². The maximum atomic E-state index is 10.5. The van der Waals surface area contributed by atoms with Crippen molar-refractivity contribution < 1.29 is 19.4 Å². The Labute approximate surface area is 85.6 Å². The van der Waals surface area contributed by atoms with E-state index in [4.69, 9.17) is 15.6 Å². The first-order chi connectivity index (χ1) is 7.08. The van der Waals surface area contributed by atoms with Gasteiger partial charge in [-0.3, -0.25) is 0 Å². The molecular formula is C9H10N2O4. The maximum absolute atomic E-state index is 10.5. The third-order valence-corrected chi connectivity index (χ3v) is 1.46. The molecule has 0 fully saturated rings. The second-order valence-electron chi connectivity index (χ2n) is 2.70. The van der Waals surface area contributed by atoms with E-state index >= 15 is 0 Å². The monoisotopic (exact) mass is 210 g/mol. The predicted octanol–water partition coefficient (Wildman–Crippen LogP) is 0.641. The number of nitrogens with one attached hydrogen (secondary N) is 1.